The molecule has 0 atom stereocenters. The highest BCUT2D eigenvalue weighted by Crippen LogP contribution is 2.41. The van der Waals surface area contributed by atoms with E-state index >= 15 is 0 Å². The molecule has 28 heavy (non-hydrogen) atoms. The molecule has 1 aromatic rings. The van der Waals surface area contributed by atoms with Crippen LogP contribution in [0, 0.1) is 5.41 Å². The summed E-state index contributed by atoms with van der Waals surface area (Å²) in [6, 6.07) is 2.17. The van der Waals surface area contributed by atoms with Crippen LogP contribution >= 0.6 is 0 Å². The summed E-state index contributed by atoms with van der Waals surface area (Å²) < 4.78 is 10.7. The summed E-state index contributed by atoms with van der Waals surface area (Å²) in [5, 5.41) is 3.01. The second kappa shape index (κ2) is 7.70. The SMILES string of the molecule is COCC1(C(=O)NCc2cc3c(nc2OC)CN(C2CCCC2)C3=O)CCC1. The molecule has 7 heteroatoms. The molecule has 3 aliphatic rings. The van der Waals surface area contributed by atoms with Gasteiger partial charge in [0, 0.05) is 25.3 Å². The third kappa shape index (κ3) is 3.26. The molecule has 4 rings (SSSR count). The van der Waals surface area contributed by atoms with Crippen molar-refractivity contribution in [2.24, 2.45) is 5.41 Å². The van der Waals surface area contributed by atoms with E-state index in [4.69, 9.17) is 9.47 Å². The van der Waals surface area contributed by atoms with Gasteiger partial charge in [0.25, 0.3) is 5.91 Å². The lowest BCUT2D eigenvalue weighted by molar-refractivity contribution is -0.140. The van der Waals surface area contributed by atoms with Gasteiger partial charge in [0.1, 0.15) is 0 Å². The third-order valence-corrected chi connectivity index (χ3v) is 6.56. The smallest absolute Gasteiger partial charge is 0.256 e. The molecule has 1 aliphatic heterocycles. The predicted octanol–water partition coefficient (Wildman–Crippen LogP) is 2.42. The number of aromatic nitrogens is 1. The van der Waals surface area contributed by atoms with Crippen LogP contribution in [0.2, 0.25) is 0 Å². The fraction of sp³-hybridized carbons (Fsp3) is 0.667. The molecular formula is C21H29N3O4. The van der Waals surface area contributed by atoms with Crippen LogP contribution in [-0.2, 0) is 22.6 Å². The van der Waals surface area contributed by atoms with Crippen molar-refractivity contribution in [1.82, 2.24) is 15.2 Å². The maximum absolute atomic E-state index is 12.9. The molecule has 2 saturated carbocycles. The maximum atomic E-state index is 12.9. The Bertz CT molecular complexity index is 769. The number of carbonyl (C=O) groups excluding carboxylic acids is 2. The molecule has 0 spiro atoms. The van der Waals surface area contributed by atoms with Gasteiger partial charge in [0.15, 0.2) is 0 Å². The van der Waals surface area contributed by atoms with E-state index in [2.05, 4.69) is 10.3 Å². The number of amides is 2. The Morgan fingerprint density at radius 2 is 2.04 bits per heavy atom. The first-order valence-corrected chi connectivity index (χ1v) is 10.2. The van der Waals surface area contributed by atoms with Crippen LogP contribution in [0.4, 0.5) is 0 Å². The zero-order valence-electron chi connectivity index (χ0n) is 16.8. The Balaban J connectivity index is 1.50. The first-order valence-electron chi connectivity index (χ1n) is 10.2. The largest absolute Gasteiger partial charge is 0.481 e. The lowest BCUT2D eigenvalue weighted by Gasteiger charge is -2.39. The van der Waals surface area contributed by atoms with Crippen LogP contribution in [-0.4, -0.2) is 48.6 Å². The summed E-state index contributed by atoms with van der Waals surface area (Å²) in [7, 11) is 3.20. The summed E-state index contributed by atoms with van der Waals surface area (Å²) in [4.78, 5) is 32.2. The Hall–Kier alpha value is -2.15. The standard InChI is InChI=1S/C21H29N3O4/c1-27-13-21(8-5-9-21)20(26)22-11-14-10-16-17(23-18(14)28-2)12-24(19(16)25)15-6-3-4-7-15/h10,15H,3-9,11-13H2,1-2H3,(H,22,26). The quantitative estimate of drug-likeness (QED) is 0.777. The van der Waals surface area contributed by atoms with Crippen LogP contribution in [0.15, 0.2) is 6.07 Å². The second-order valence-electron chi connectivity index (χ2n) is 8.27. The van der Waals surface area contributed by atoms with E-state index in [0.717, 1.165) is 43.4 Å². The maximum Gasteiger partial charge on any atom is 0.256 e. The van der Waals surface area contributed by atoms with Crippen molar-refractivity contribution < 1.29 is 19.1 Å². The number of methoxy groups -OCH3 is 2. The molecule has 152 valence electrons. The Morgan fingerprint density at radius 3 is 2.64 bits per heavy atom. The number of pyridine rings is 1. The van der Waals surface area contributed by atoms with Crippen molar-refractivity contribution in [1.29, 1.82) is 0 Å². The molecular weight excluding hydrogens is 358 g/mol. The number of hydrogen-bond donors (Lipinski definition) is 1. The minimum Gasteiger partial charge on any atom is -0.481 e. The molecule has 0 bridgehead atoms. The number of rotatable bonds is 7. The number of fused-ring (bicyclic) bond motifs is 1. The first kappa shape index (κ1) is 19.2. The Morgan fingerprint density at radius 1 is 1.29 bits per heavy atom. The molecule has 2 heterocycles. The minimum absolute atomic E-state index is 0.00191. The van der Waals surface area contributed by atoms with E-state index in [9.17, 15) is 9.59 Å². The van der Waals surface area contributed by atoms with Crippen LogP contribution in [0.1, 0.15) is 66.6 Å². The first-order chi connectivity index (χ1) is 13.6. The van der Waals surface area contributed by atoms with Crippen LogP contribution in [0.3, 0.4) is 0 Å². The van der Waals surface area contributed by atoms with E-state index in [1.807, 2.05) is 11.0 Å². The van der Waals surface area contributed by atoms with Crippen molar-refractivity contribution in [3.8, 4) is 5.88 Å². The Kier molecular flexibility index (Phi) is 5.27. The lowest BCUT2D eigenvalue weighted by atomic mass is 9.68. The highest BCUT2D eigenvalue weighted by Gasteiger charge is 2.44. The number of ether oxygens (including phenoxy) is 2. The summed E-state index contributed by atoms with van der Waals surface area (Å²) in [6.45, 7) is 1.29. The normalized spacial score (nSPS) is 20.8. The molecule has 0 unspecified atom stereocenters. The van der Waals surface area contributed by atoms with Gasteiger partial charge in [0.05, 0.1) is 36.9 Å². The molecule has 0 radical (unpaired) electrons. The zero-order chi connectivity index (χ0) is 19.7. The van der Waals surface area contributed by atoms with Gasteiger partial charge in [-0.1, -0.05) is 19.3 Å². The Labute approximate surface area is 165 Å². The van der Waals surface area contributed by atoms with Gasteiger partial charge in [-0.05, 0) is 31.7 Å². The topological polar surface area (TPSA) is 80.8 Å². The van der Waals surface area contributed by atoms with Gasteiger partial charge in [-0.25, -0.2) is 4.98 Å². The molecule has 0 saturated heterocycles. The van der Waals surface area contributed by atoms with Crippen molar-refractivity contribution in [3.05, 3.63) is 22.9 Å². The summed E-state index contributed by atoms with van der Waals surface area (Å²) in [6.07, 6.45) is 7.25. The van der Waals surface area contributed by atoms with E-state index in [1.54, 1.807) is 14.2 Å². The second-order valence-corrected chi connectivity index (χ2v) is 8.27. The number of nitrogens with one attached hydrogen (secondary N) is 1. The van der Waals surface area contributed by atoms with E-state index in [1.165, 1.54) is 12.8 Å². The van der Waals surface area contributed by atoms with E-state index in [0.29, 0.717) is 37.2 Å². The van der Waals surface area contributed by atoms with E-state index in [-0.39, 0.29) is 11.8 Å². The fourth-order valence-electron chi connectivity index (χ4n) is 4.76. The van der Waals surface area contributed by atoms with Crippen molar-refractivity contribution in [3.63, 3.8) is 0 Å². The summed E-state index contributed by atoms with van der Waals surface area (Å²) in [5.41, 5.74) is 1.75. The molecule has 1 N–H and O–H groups in total. The summed E-state index contributed by atoms with van der Waals surface area (Å²) in [5.74, 6) is 0.538. The fourth-order valence-corrected chi connectivity index (χ4v) is 4.76. The van der Waals surface area contributed by atoms with Crippen LogP contribution in [0.25, 0.3) is 0 Å². The van der Waals surface area contributed by atoms with Gasteiger partial charge >= 0.3 is 0 Å². The number of carbonyl (C=O) groups is 2. The van der Waals surface area contributed by atoms with Gasteiger partial charge in [-0.2, -0.15) is 0 Å². The average Bonchev–Trinajstić information content (AvgIpc) is 3.30. The minimum atomic E-state index is -0.415. The highest BCUT2D eigenvalue weighted by atomic mass is 16.5. The van der Waals surface area contributed by atoms with Crippen molar-refractivity contribution in [2.45, 2.75) is 64.1 Å². The highest BCUT2D eigenvalue weighted by molar-refractivity contribution is 5.98. The predicted molar refractivity (Wildman–Crippen MR) is 103 cm³/mol. The van der Waals surface area contributed by atoms with Gasteiger partial charge in [0.2, 0.25) is 11.8 Å². The van der Waals surface area contributed by atoms with Crippen molar-refractivity contribution >= 4 is 11.8 Å². The van der Waals surface area contributed by atoms with Gasteiger partial charge < -0.3 is 19.7 Å². The monoisotopic (exact) mass is 387 g/mol. The van der Waals surface area contributed by atoms with E-state index < -0.39 is 5.41 Å². The van der Waals surface area contributed by atoms with Crippen LogP contribution < -0.4 is 10.1 Å². The third-order valence-electron chi connectivity index (χ3n) is 6.56. The number of nitrogens with zero attached hydrogens (tertiary/aromatic N) is 2. The molecule has 2 amide bonds. The lowest BCUT2D eigenvalue weighted by Crippen LogP contribution is -2.48. The molecule has 1 aromatic heterocycles. The molecule has 2 fully saturated rings. The van der Waals surface area contributed by atoms with Crippen molar-refractivity contribution in [2.75, 3.05) is 20.8 Å². The van der Waals surface area contributed by atoms with Crippen LogP contribution in [0.5, 0.6) is 5.88 Å². The van der Waals surface area contributed by atoms with Gasteiger partial charge in [-0.3, -0.25) is 9.59 Å². The zero-order valence-corrected chi connectivity index (χ0v) is 16.8. The molecule has 7 nitrogen and oxygen atoms in total. The molecule has 2 aliphatic carbocycles. The average molecular weight is 387 g/mol. The number of hydrogen-bond acceptors (Lipinski definition) is 5. The van der Waals surface area contributed by atoms with Gasteiger partial charge in [-0.15, -0.1) is 0 Å². The molecule has 0 aromatic carbocycles. The summed E-state index contributed by atoms with van der Waals surface area (Å²) >= 11 is 0.